The van der Waals surface area contributed by atoms with Gasteiger partial charge < -0.3 is 10.1 Å². The maximum atomic E-state index is 14.3. The van der Waals surface area contributed by atoms with Crippen molar-refractivity contribution in [3.8, 4) is 0 Å². The molecule has 3 N–H and O–H groups in total. The highest BCUT2D eigenvalue weighted by Crippen LogP contribution is 2.54. The minimum Gasteiger partial charge on any atom is -0.462 e. The van der Waals surface area contributed by atoms with Crippen LogP contribution in [0.1, 0.15) is 60.0 Å². The fourth-order valence-electron chi connectivity index (χ4n) is 6.09. The largest absolute Gasteiger partial charge is 0.462 e. The molecule has 260 valence electrons. The SMILES string of the molecule is CCOC(=O)c1ccc(N2C(=O)[C@@H]3[C@H](c4ccc(C(C)(C)C)cc4)c4sc(=O)n(CC(=O)Nc5ccc(S(N)(=O)=O)cc5)c4S[C@@H]3C2=O)cc1. The van der Waals surface area contributed by atoms with Crippen LogP contribution in [-0.4, -0.2) is 48.5 Å². The van der Waals surface area contributed by atoms with E-state index in [4.69, 9.17) is 9.88 Å². The van der Waals surface area contributed by atoms with E-state index in [1.54, 1.807) is 6.92 Å². The number of rotatable bonds is 8. The first-order chi connectivity index (χ1) is 23.6. The second-order valence-corrected chi connectivity index (χ2v) is 16.6. The van der Waals surface area contributed by atoms with Gasteiger partial charge in [0, 0.05) is 16.5 Å². The van der Waals surface area contributed by atoms with E-state index < -0.39 is 55.7 Å². The number of nitrogens with one attached hydrogen (secondary N) is 1. The first-order valence-electron chi connectivity index (χ1n) is 15.7. The maximum absolute atomic E-state index is 14.3. The van der Waals surface area contributed by atoms with Crippen LogP contribution in [-0.2, 0) is 41.1 Å². The number of hydrogen-bond donors (Lipinski definition) is 2. The van der Waals surface area contributed by atoms with Gasteiger partial charge in [-0.05, 0) is 72.0 Å². The number of thioether (sulfide) groups is 1. The highest BCUT2D eigenvalue weighted by molar-refractivity contribution is 8.00. The average Bonchev–Trinajstić information content (AvgIpc) is 3.50. The number of amides is 3. The lowest BCUT2D eigenvalue weighted by Crippen LogP contribution is -2.33. The predicted molar refractivity (Wildman–Crippen MR) is 190 cm³/mol. The Kier molecular flexibility index (Phi) is 9.37. The monoisotopic (exact) mass is 734 g/mol. The molecule has 12 nitrogen and oxygen atoms in total. The molecule has 0 bridgehead atoms. The molecule has 50 heavy (non-hydrogen) atoms. The Hall–Kier alpha value is -4.57. The van der Waals surface area contributed by atoms with E-state index in [9.17, 15) is 32.4 Å². The van der Waals surface area contributed by atoms with E-state index >= 15 is 0 Å². The molecule has 0 saturated carbocycles. The average molecular weight is 735 g/mol. The number of carbonyl (C=O) groups excluding carboxylic acids is 4. The molecule has 4 aromatic rings. The Labute approximate surface area is 296 Å². The molecule has 15 heteroatoms. The molecule has 1 saturated heterocycles. The number of ether oxygens (including phenoxy) is 1. The summed E-state index contributed by atoms with van der Waals surface area (Å²) in [6.45, 7) is 7.77. The third kappa shape index (κ3) is 6.65. The lowest BCUT2D eigenvalue weighted by molar-refractivity contribution is -0.122. The number of nitrogens with zero attached hydrogens (tertiary/aromatic N) is 2. The number of esters is 1. The summed E-state index contributed by atoms with van der Waals surface area (Å²) in [5.41, 5.74) is 2.57. The number of benzene rings is 3. The van der Waals surface area contributed by atoms with Crippen molar-refractivity contribution < 1.29 is 32.3 Å². The van der Waals surface area contributed by atoms with Crippen LogP contribution in [0.15, 0.2) is 87.5 Å². The Morgan fingerprint density at radius 2 is 1.56 bits per heavy atom. The molecule has 3 aromatic carbocycles. The van der Waals surface area contributed by atoms with Crippen LogP contribution in [0.5, 0.6) is 0 Å². The molecule has 0 radical (unpaired) electrons. The second kappa shape index (κ2) is 13.3. The van der Waals surface area contributed by atoms with Gasteiger partial charge in [0.05, 0.1) is 33.7 Å². The van der Waals surface area contributed by atoms with E-state index in [-0.39, 0.29) is 29.0 Å². The third-order valence-corrected chi connectivity index (χ3v) is 12.1. The minimum atomic E-state index is -3.92. The topological polar surface area (TPSA) is 175 Å². The molecule has 0 aliphatic carbocycles. The quantitative estimate of drug-likeness (QED) is 0.196. The van der Waals surface area contributed by atoms with E-state index in [1.807, 2.05) is 24.3 Å². The molecule has 1 aromatic heterocycles. The van der Waals surface area contributed by atoms with Crippen molar-refractivity contribution in [2.24, 2.45) is 11.1 Å². The van der Waals surface area contributed by atoms with Crippen LogP contribution in [0.3, 0.4) is 0 Å². The summed E-state index contributed by atoms with van der Waals surface area (Å²) in [5.74, 6) is -3.48. The number of nitrogens with two attached hydrogens (primary N) is 1. The highest BCUT2D eigenvalue weighted by Gasteiger charge is 2.56. The van der Waals surface area contributed by atoms with Crippen LogP contribution in [0.4, 0.5) is 11.4 Å². The summed E-state index contributed by atoms with van der Waals surface area (Å²) in [6, 6.07) is 19.1. The van der Waals surface area contributed by atoms with Gasteiger partial charge in [-0.2, -0.15) is 0 Å². The fourth-order valence-corrected chi connectivity index (χ4v) is 9.38. The molecule has 3 atom stereocenters. The Balaban J connectivity index is 1.36. The third-order valence-electron chi connectivity index (χ3n) is 8.59. The van der Waals surface area contributed by atoms with Gasteiger partial charge in [0.1, 0.15) is 11.8 Å². The summed E-state index contributed by atoms with van der Waals surface area (Å²) < 4.78 is 29.6. The zero-order valence-corrected chi connectivity index (χ0v) is 30.0. The van der Waals surface area contributed by atoms with E-state index in [1.165, 1.54) is 53.1 Å². The molecule has 0 spiro atoms. The van der Waals surface area contributed by atoms with Crippen molar-refractivity contribution in [1.82, 2.24) is 4.57 Å². The predicted octanol–water partition coefficient (Wildman–Crippen LogP) is 4.47. The summed E-state index contributed by atoms with van der Waals surface area (Å²) in [7, 11) is -3.92. The first-order valence-corrected chi connectivity index (χ1v) is 18.9. The van der Waals surface area contributed by atoms with Gasteiger partial charge in [0.2, 0.25) is 27.7 Å². The van der Waals surface area contributed by atoms with Gasteiger partial charge in [-0.25, -0.2) is 23.3 Å². The zero-order valence-electron chi connectivity index (χ0n) is 27.5. The summed E-state index contributed by atoms with van der Waals surface area (Å²) in [5, 5.41) is 7.35. The van der Waals surface area contributed by atoms with Crippen LogP contribution in [0.25, 0.3) is 0 Å². The molecule has 2 aliphatic rings. The lowest BCUT2D eigenvalue weighted by atomic mass is 9.81. The number of thiazole rings is 1. The van der Waals surface area contributed by atoms with Crippen LogP contribution >= 0.6 is 23.1 Å². The van der Waals surface area contributed by atoms with Crippen molar-refractivity contribution in [2.75, 3.05) is 16.8 Å². The smallest absolute Gasteiger partial charge is 0.338 e. The minimum absolute atomic E-state index is 0.120. The summed E-state index contributed by atoms with van der Waals surface area (Å²) >= 11 is 2.02. The van der Waals surface area contributed by atoms with Gasteiger partial charge >= 0.3 is 10.8 Å². The van der Waals surface area contributed by atoms with Crippen molar-refractivity contribution in [3.63, 3.8) is 0 Å². The zero-order chi connectivity index (χ0) is 36.1. The summed E-state index contributed by atoms with van der Waals surface area (Å²) in [4.78, 5) is 68.5. The van der Waals surface area contributed by atoms with Crippen LogP contribution in [0.2, 0.25) is 0 Å². The molecule has 6 rings (SSSR count). The number of anilines is 2. The maximum Gasteiger partial charge on any atom is 0.338 e. The van der Waals surface area contributed by atoms with E-state index in [0.717, 1.165) is 39.1 Å². The number of fused-ring (bicyclic) bond motifs is 2. The Morgan fingerprint density at radius 3 is 2.14 bits per heavy atom. The summed E-state index contributed by atoms with van der Waals surface area (Å²) in [6.07, 6.45) is 0. The molecule has 0 unspecified atom stereocenters. The Morgan fingerprint density at radius 1 is 0.920 bits per heavy atom. The normalized spacial score (nSPS) is 18.8. The molecule has 3 amide bonds. The number of imide groups is 1. The standard InChI is InChI=1S/C35H34N4O8S3/c1-5-47-33(43)20-8-14-23(15-9-20)39-30(41)27-26(19-6-10-21(11-7-19)35(2,3)4)29-32(48-28(27)31(39)42)38(34(44)49-29)18-25(40)37-22-12-16-24(17-13-22)50(36,45)46/h6-17,26-28H,5,18H2,1-4H3,(H,37,40)(H2,36,45,46)/t26-,27+,28-/m0/s1. The van der Waals surface area contributed by atoms with Gasteiger partial charge in [-0.3, -0.25) is 23.7 Å². The van der Waals surface area contributed by atoms with Crippen molar-refractivity contribution in [1.29, 1.82) is 0 Å². The lowest BCUT2D eigenvalue weighted by Gasteiger charge is -2.31. The number of hydrogen-bond acceptors (Lipinski definition) is 10. The van der Waals surface area contributed by atoms with E-state index in [0.29, 0.717) is 21.3 Å². The van der Waals surface area contributed by atoms with Crippen molar-refractivity contribution >= 4 is 68.2 Å². The number of sulfonamides is 1. The van der Waals surface area contributed by atoms with Crippen LogP contribution in [0, 0.1) is 5.92 Å². The fraction of sp³-hybridized carbons (Fsp3) is 0.286. The van der Waals surface area contributed by atoms with Crippen molar-refractivity contribution in [2.45, 2.75) is 60.7 Å². The van der Waals surface area contributed by atoms with Crippen molar-refractivity contribution in [3.05, 3.63) is 104 Å². The molecular weight excluding hydrogens is 701 g/mol. The second-order valence-electron chi connectivity index (χ2n) is 12.9. The van der Waals surface area contributed by atoms with E-state index in [2.05, 4.69) is 26.1 Å². The van der Waals surface area contributed by atoms with Gasteiger partial charge in [0.25, 0.3) is 0 Å². The molecule has 1 fully saturated rings. The van der Waals surface area contributed by atoms with Gasteiger partial charge in [0.15, 0.2) is 0 Å². The number of primary sulfonamides is 1. The first kappa shape index (κ1) is 35.3. The highest BCUT2D eigenvalue weighted by atomic mass is 32.2. The molecule has 3 heterocycles. The molecule has 2 aliphatic heterocycles. The van der Waals surface area contributed by atoms with Gasteiger partial charge in [-0.1, -0.05) is 68.1 Å². The van der Waals surface area contributed by atoms with Gasteiger partial charge in [-0.15, -0.1) is 0 Å². The molecular formula is C35H34N4O8S3. The number of carbonyl (C=O) groups is 4. The van der Waals surface area contributed by atoms with Crippen LogP contribution < -0.4 is 20.2 Å². The Bertz CT molecular complexity index is 2170. The number of aromatic nitrogens is 1.